The van der Waals surface area contributed by atoms with E-state index >= 15 is 0 Å². The second-order valence-corrected chi connectivity index (χ2v) is 7.42. The largest absolute Gasteiger partial charge is 0.301 e. The molecule has 2 bridgehead atoms. The Hall–Kier alpha value is -0.970. The van der Waals surface area contributed by atoms with Crippen LogP contribution in [0.15, 0.2) is 0 Å². The zero-order chi connectivity index (χ0) is 12.8. The zero-order valence-corrected chi connectivity index (χ0v) is 11.8. The van der Waals surface area contributed by atoms with Gasteiger partial charge in [0.2, 0.25) is 11.0 Å². The summed E-state index contributed by atoms with van der Waals surface area (Å²) in [6.45, 7) is 0. The third kappa shape index (κ3) is 2.40. The highest BCUT2D eigenvalue weighted by molar-refractivity contribution is 7.15. The summed E-state index contributed by atoms with van der Waals surface area (Å²) in [5.41, 5.74) is 0. The quantitative estimate of drug-likeness (QED) is 0.919. The summed E-state index contributed by atoms with van der Waals surface area (Å²) in [5, 5.41) is 13.0. The first-order valence-electron chi connectivity index (χ1n) is 7.41. The van der Waals surface area contributed by atoms with Gasteiger partial charge in [-0.25, -0.2) is 0 Å². The van der Waals surface area contributed by atoms with Crippen LogP contribution in [0.5, 0.6) is 0 Å². The highest BCUT2D eigenvalue weighted by Crippen LogP contribution is 2.49. The molecule has 1 N–H and O–H groups in total. The van der Waals surface area contributed by atoms with Crippen molar-refractivity contribution in [1.29, 1.82) is 0 Å². The van der Waals surface area contributed by atoms with Gasteiger partial charge in [0.25, 0.3) is 0 Å². The normalized spacial score (nSPS) is 32.7. The van der Waals surface area contributed by atoms with Crippen molar-refractivity contribution in [2.75, 3.05) is 5.32 Å². The van der Waals surface area contributed by atoms with Crippen LogP contribution in [-0.2, 0) is 4.79 Å². The van der Waals surface area contributed by atoms with Crippen LogP contribution in [0.4, 0.5) is 5.13 Å². The minimum atomic E-state index is 0.135. The lowest BCUT2D eigenvalue weighted by Gasteiger charge is -2.20. The summed E-state index contributed by atoms with van der Waals surface area (Å²) in [7, 11) is 0. The molecule has 3 unspecified atom stereocenters. The predicted octanol–water partition coefficient (Wildman–Crippen LogP) is 3.18. The van der Waals surface area contributed by atoms with Crippen LogP contribution in [0, 0.1) is 17.8 Å². The van der Waals surface area contributed by atoms with Gasteiger partial charge in [-0.05, 0) is 49.9 Å². The number of carbonyl (C=O) groups is 1. The van der Waals surface area contributed by atoms with Gasteiger partial charge in [0.15, 0.2) is 0 Å². The number of anilines is 1. The third-order valence-corrected chi connectivity index (χ3v) is 5.95. The highest BCUT2D eigenvalue weighted by atomic mass is 32.1. The molecule has 1 aromatic rings. The highest BCUT2D eigenvalue weighted by Gasteiger charge is 2.40. The van der Waals surface area contributed by atoms with Gasteiger partial charge in [0, 0.05) is 12.3 Å². The van der Waals surface area contributed by atoms with E-state index < -0.39 is 0 Å². The topological polar surface area (TPSA) is 54.9 Å². The molecule has 1 amide bonds. The van der Waals surface area contributed by atoms with Crippen LogP contribution in [-0.4, -0.2) is 16.1 Å². The average molecular weight is 277 g/mol. The van der Waals surface area contributed by atoms with E-state index in [1.165, 1.54) is 38.5 Å². The zero-order valence-electron chi connectivity index (χ0n) is 11.0. The maximum absolute atomic E-state index is 12.1. The summed E-state index contributed by atoms with van der Waals surface area (Å²) >= 11 is 1.55. The molecule has 3 aliphatic carbocycles. The predicted molar refractivity (Wildman–Crippen MR) is 74.1 cm³/mol. The molecular weight excluding hydrogens is 258 g/mol. The van der Waals surface area contributed by atoms with Crippen LogP contribution >= 0.6 is 11.3 Å². The van der Waals surface area contributed by atoms with E-state index in [2.05, 4.69) is 15.5 Å². The number of nitrogens with zero attached hydrogens (tertiary/aromatic N) is 2. The summed E-state index contributed by atoms with van der Waals surface area (Å²) in [5.74, 6) is 3.09. The first-order valence-corrected chi connectivity index (χ1v) is 8.23. The summed E-state index contributed by atoms with van der Waals surface area (Å²) in [6.07, 6.45) is 8.50. The van der Waals surface area contributed by atoms with Gasteiger partial charge in [0.05, 0.1) is 0 Å². The fraction of sp³-hybridized carbons (Fsp3) is 0.786. The van der Waals surface area contributed by atoms with Gasteiger partial charge in [-0.3, -0.25) is 4.79 Å². The van der Waals surface area contributed by atoms with Crippen LogP contribution in [0.3, 0.4) is 0 Å². The van der Waals surface area contributed by atoms with E-state index in [4.69, 9.17) is 0 Å². The van der Waals surface area contributed by atoms with Crippen molar-refractivity contribution >= 4 is 22.4 Å². The molecule has 5 heteroatoms. The van der Waals surface area contributed by atoms with Gasteiger partial charge in [0.1, 0.15) is 5.01 Å². The van der Waals surface area contributed by atoms with E-state index in [9.17, 15) is 4.79 Å². The average Bonchev–Trinajstić information content (AvgIpc) is 2.83. The lowest BCUT2D eigenvalue weighted by molar-refractivity contribution is -0.117. The van der Waals surface area contributed by atoms with E-state index in [0.717, 1.165) is 16.8 Å². The molecule has 0 aromatic carbocycles. The third-order valence-electron chi connectivity index (χ3n) is 4.95. The molecule has 1 aromatic heterocycles. The maximum atomic E-state index is 12.1. The summed E-state index contributed by atoms with van der Waals surface area (Å²) in [4.78, 5) is 12.1. The SMILES string of the molecule is O=C(CC1CC2CCC1C2)Nc1nnc(C2CC2)s1. The number of nitrogens with one attached hydrogen (secondary N) is 1. The van der Waals surface area contributed by atoms with Crippen molar-refractivity contribution in [3.8, 4) is 0 Å². The van der Waals surface area contributed by atoms with Gasteiger partial charge in [-0.1, -0.05) is 17.8 Å². The molecule has 102 valence electrons. The van der Waals surface area contributed by atoms with Crippen LogP contribution in [0.1, 0.15) is 55.9 Å². The molecule has 4 rings (SSSR count). The Kier molecular flexibility index (Phi) is 2.83. The molecule has 0 spiro atoms. The Labute approximate surface area is 117 Å². The monoisotopic (exact) mass is 277 g/mol. The van der Waals surface area contributed by atoms with Crippen molar-refractivity contribution in [3.05, 3.63) is 5.01 Å². The van der Waals surface area contributed by atoms with E-state index in [1.54, 1.807) is 11.3 Å². The second kappa shape index (κ2) is 4.54. The Morgan fingerprint density at radius 1 is 1.21 bits per heavy atom. The fourth-order valence-corrected chi connectivity index (χ4v) is 4.74. The van der Waals surface area contributed by atoms with E-state index in [1.807, 2.05) is 0 Å². The molecular formula is C14H19N3OS. The number of aromatic nitrogens is 2. The van der Waals surface area contributed by atoms with Gasteiger partial charge >= 0.3 is 0 Å². The van der Waals surface area contributed by atoms with E-state index in [0.29, 0.717) is 23.4 Å². The van der Waals surface area contributed by atoms with Crippen molar-refractivity contribution in [1.82, 2.24) is 10.2 Å². The molecule has 1 heterocycles. The molecule has 3 fully saturated rings. The Bertz CT molecular complexity index is 497. The number of amides is 1. The minimum absolute atomic E-state index is 0.135. The van der Waals surface area contributed by atoms with Crippen molar-refractivity contribution in [2.24, 2.45) is 17.8 Å². The van der Waals surface area contributed by atoms with Gasteiger partial charge in [-0.2, -0.15) is 0 Å². The number of hydrogen-bond acceptors (Lipinski definition) is 4. The summed E-state index contributed by atoms with van der Waals surface area (Å²) < 4.78 is 0. The first-order chi connectivity index (χ1) is 9.28. The Balaban J connectivity index is 1.33. The van der Waals surface area contributed by atoms with Crippen LogP contribution in [0.25, 0.3) is 0 Å². The van der Waals surface area contributed by atoms with Crippen LogP contribution < -0.4 is 5.32 Å². The smallest absolute Gasteiger partial charge is 0.226 e. The number of carbonyl (C=O) groups excluding carboxylic acids is 1. The molecule has 19 heavy (non-hydrogen) atoms. The maximum Gasteiger partial charge on any atom is 0.226 e. The first kappa shape index (κ1) is 11.8. The van der Waals surface area contributed by atoms with Crippen LogP contribution in [0.2, 0.25) is 0 Å². The lowest BCUT2D eigenvalue weighted by Crippen LogP contribution is -2.20. The fourth-order valence-electron chi connectivity index (χ4n) is 3.82. The van der Waals surface area contributed by atoms with Crippen molar-refractivity contribution in [3.63, 3.8) is 0 Å². The molecule has 0 saturated heterocycles. The number of rotatable bonds is 4. The molecule has 0 aliphatic heterocycles. The second-order valence-electron chi connectivity index (χ2n) is 6.41. The Morgan fingerprint density at radius 2 is 2.11 bits per heavy atom. The molecule has 0 radical (unpaired) electrons. The standard InChI is InChI=1S/C14H19N3OS/c18-12(7-11-6-8-1-2-10(11)5-8)15-14-17-16-13(19-14)9-3-4-9/h8-11H,1-7H2,(H,15,17,18). The van der Waals surface area contributed by atoms with Crippen molar-refractivity contribution < 1.29 is 4.79 Å². The lowest BCUT2D eigenvalue weighted by atomic mass is 9.86. The van der Waals surface area contributed by atoms with Gasteiger partial charge < -0.3 is 5.32 Å². The molecule has 3 saturated carbocycles. The molecule has 3 atom stereocenters. The molecule has 4 nitrogen and oxygen atoms in total. The molecule has 3 aliphatic rings. The Morgan fingerprint density at radius 3 is 2.79 bits per heavy atom. The van der Waals surface area contributed by atoms with Gasteiger partial charge in [-0.15, -0.1) is 10.2 Å². The number of fused-ring (bicyclic) bond motifs is 2. The van der Waals surface area contributed by atoms with E-state index in [-0.39, 0.29) is 5.91 Å². The minimum Gasteiger partial charge on any atom is -0.301 e. The summed E-state index contributed by atoms with van der Waals surface area (Å²) in [6, 6.07) is 0. The van der Waals surface area contributed by atoms with Crippen molar-refractivity contribution in [2.45, 2.75) is 50.9 Å². The number of hydrogen-bond donors (Lipinski definition) is 1.